The molecule has 0 aliphatic carbocycles. The number of hydrogen-bond donors (Lipinski definition) is 0. The Morgan fingerprint density at radius 2 is 1.85 bits per heavy atom. The molecule has 0 aliphatic heterocycles. The Morgan fingerprint density at radius 1 is 1.10 bits per heavy atom. The van der Waals surface area contributed by atoms with Crippen LogP contribution in [0.5, 0.6) is 5.75 Å². The zero-order valence-corrected chi connectivity index (χ0v) is 12.8. The van der Waals surface area contributed by atoms with Crippen LogP contribution >= 0.6 is 11.8 Å². The van der Waals surface area contributed by atoms with Gasteiger partial charge in [0, 0.05) is 4.90 Å². The van der Waals surface area contributed by atoms with Crippen LogP contribution in [-0.2, 0) is 0 Å². The lowest BCUT2D eigenvalue weighted by molar-refractivity contribution is 0.101. The fourth-order valence-corrected chi connectivity index (χ4v) is 2.78. The second-order valence-corrected chi connectivity index (χ2v) is 5.71. The molecule has 20 heavy (non-hydrogen) atoms. The zero-order valence-electron chi connectivity index (χ0n) is 12.0. The monoisotopic (exact) mass is 286 g/mol. The van der Waals surface area contributed by atoms with Crippen molar-refractivity contribution in [3.8, 4) is 5.75 Å². The minimum absolute atomic E-state index is 0.0886. The molecule has 2 rings (SSSR count). The maximum absolute atomic E-state index is 12.2. The number of Topliss-reactive ketones (excluding diaryl/α,β-unsaturated/α-hetero) is 1. The number of ketones is 1. The third-order valence-corrected chi connectivity index (χ3v) is 4.25. The van der Waals surface area contributed by atoms with E-state index in [-0.39, 0.29) is 5.78 Å². The van der Waals surface area contributed by atoms with E-state index in [0.717, 1.165) is 4.90 Å². The molecule has 0 heterocycles. The lowest BCUT2D eigenvalue weighted by Crippen LogP contribution is -2.04. The van der Waals surface area contributed by atoms with E-state index in [1.807, 2.05) is 24.3 Å². The molecule has 0 N–H and O–H groups in total. The summed E-state index contributed by atoms with van der Waals surface area (Å²) in [5.74, 6) is 1.15. The molecule has 0 spiro atoms. The fraction of sp³-hybridized carbons (Fsp3) is 0.235. The molecule has 2 aromatic carbocycles. The van der Waals surface area contributed by atoms with Crippen LogP contribution in [0.2, 0.25) is 0 Å². The smallest absolute Gasteiger partial charge is 0.176 e. The van der Waals surface area contributed by atoms with Crippen molar-refractivity contribution in [2.75, 3.05) is 12.9 Å². The van der Waals surface area contributed by atoms with Crippen LogP contribution in [0.4, 0.5) is 0 Å². The molecular formula is C17H18O2S. The van der Waals surface area contributed by atoms with Gasteiger partial charge in [-0.05, 0) is 49.2 Å². The van der Waals surface area contributed by atoms with E-state index in [2.05, 4.69) is 32.0 Å². The van der Waals surface area contributed by atoms with Crippen LogP contribution in [0.3, 0.4) is 0 Å². The van der Waals surface area contributed by atoms with Crippen LogP contribution in [0.25, 0.3) is 0 Å². The molecule has 0 atom stereocenters. The van der Waals surface area contributed by atoms with Gasteiger partial charge in [-0.25, -0.2) is 0 Å². The first-order chi connectivity index (χ1) is 9.61. The lowest BCUT2D eigenvalue weighted by Gasteiger charge is -2.08. The van der Waals surface area contributed by atoms with Crippen LogP contribution in [0, 0.1) is 13.8 Å². The highest BCUT2D eigenvalue weighted by Crippen LogP contribution is 2.24. The van der Waals surface area contributed by atoms with Gasteiger partial charge in [-0.3, -0.25) is 4.79 Å². The molecule has 0 amide bonds. The third kappa shape index (κ3) is 3.42. The van der Waals surface area contributed by atoms with Gasteiger partial charge in [0.2, 0.25) is 0 Å². The van der Waals surface area contributed by atoms with Crippen molar-refractivity contribution < 1.29 is 9.53 Å². The topological polar surface area (TPSA) is 26.3 Å². The summed E-state index contributed by atoms with van der Waals surface area (Å²) in [6, 6.07) is 13.6. The van der Waals surface area contributed by atoms with Crippen molar-refractivity contribution >= 4 is 17.5 Å². The summed E-state index contributed by atoms with van der Waals surface area (Å²) in [7, 11) is 1.59. The highest BCUT2D eigenvalue weighted by atomic mass is 32.2. The summed E-state index contributed by atoms with van der Waals surface area (Å²) in [5, 5.41) is 0. The predicted octanol–water partition coefficient (Wildman–Crippen LogP) is 4.29. The highest BCUT2D eigenvalue weighted by Gasteiger charge is 2.11. The second kappa shape index (κ2) is 6.62. The van der Waals surface area contributed by atoms with Crippen molar-refractivity contribution in [3.63, 3.8) is 0 Å². The van der Waals surface area contributed by atoms with E-state index >= 15 is 0 Å². The second-order valence-electron chi connectivity index (χ2n) is 4.66. The average Bonchev–Trinajstić information content (AvgIpc) is 2.48. The lowest BCUT2D eigenvalue weighted by atomic mass is 10.1. The van der Waals surface area contributed by atoms with Crippen LogP contribution < -0.4 is 4.74 Å². The van der Waals surface area contributed by atoms with Gasteiger partial charge in [0.15, 0.2) is 5.78 Å². The summed E-state index contributed by atoms with van der Waals surface area (Å²) < 4.78 is 5.22. The number of methoxy groups -OCH3 is 1. The van der Waals surface area contributed by atoms with Gasteiger partial charge >= 0.3 is 0 Å². The Bertz CT molecular complexity index is 620. The van der Waals surface area contributed by atoms with E-state index in [1.54, 1.807) is 18.9 Å². The van der Waals surface area contributed by atoms with E-state index in [9.17, 15) is 4.79 Å². The van der Waals surface area contributed by atoms with Crippen LogP contribution in [0.1, 0.15) is 21.5 Å². The van der Waals surface area contributed by atoms with E-state index in [1.165, 1.54) is 11.1 Å². The highest BCUT2D eigenvalue weighted by molar-refractivity contribution is 8.00. The molecule has 0 saturated heterocycles. The van der Waals surface area contributed by atoms with Crippen LogP contribution in [0.15, 0.2) is 47.4 Å². The summed E-state index contributed by atoms with van der Waals surface area (Å²) in [5.41, 5.74) is 3.16. The zero-order chi connectivity index (χ0) is 14.5. The Morgan fingerprint density at radius 3 is 2.55 bits per heavy atom. The minimum atomic E-state index is 0.0886. The number of thioether (sulfide) groups is 1. The molecule has 104 valence electrons. The fourth-order valence-electron chi connectivity index (χ4n) is 1.91. The number of aryl methyl sites for hydroxylation is 2. The van der Waals surface area contributed by atoms with Gasteiger partial charge in [-0.1, -0.05) is 18.2 Å². The molecule has 0 unspecified atom stereocenters. The van der Waals surface area contributed by atoms with E-state index in [0.29, 0.717) is 17.1 Å². The predicted molar refractivity (Wildman–Crippen MR) is 84.0 cm³/mol. The third-order valence-electron chi connectivity index (χ3n) is 3.26. The Kier molecular flexibility index (Phi) is 4.85. The Hall–Kier alpha value is -1.74. The number of carbonyl (C=O) groups excluding carboxylic acids is 1. The molecule has 0 saturated carbocycles. The first-order valence-electron chi connectivity index (χ1n) is 6.48. The molecule has 3 heteroatoms. The van der Waals surface area contributed by atoms with Crippen molar-refractivity contribution in [1.82, 2.24) is 0 Å². The first kappa shape index (κ1) is 14.7. The first-order valence-corrected chi connectivity index (χ1v) is 7.46. The van der Waals surface area contributed by atoms with Gasteiger partial charge < -0.3 is 4.74 Å². The summed E-state index contributed by atoms with van der Waals surface area (Å²) in [4.78, 5) is 13.4. The SMILES string of the molecule is COc1ccccc1C(=O)CSc1ccc(C)c(C)c1. The van der Waals surface area contributed by atoms with Gasteiger partial charge in [-0.2, -0.15) is 0 Å². The largest absolute Gasteiger partial charge is 0.496 e. The maximum atomic E-state index is 12.2. The number of rotatable bonds is 5. The van der Waals surface area contributed by atoms with Gasteiger partial charge in [0.25, 0.3) is 0 Å². The molecule has 2 aromatic rings. The van der Waals surface area contributed by atoms with Gasteiger partial charge in [0.05, 0.1) is 18.4 Å². The standard InChI is InChI=1S/C17H18O2S/c1-12-8-9-14(10-13(12)2)20-11-16(18)15-6-4-5-7-17(15)19-3/h4-10H,11H2,1-3H3. The normalized spacial score (nSPS) is 10.3. The molecule has 0 fully saturated rings. The van der Waals surface area contributed by atoms with E-state index in [4.69, 9.17) is 4.74 Å². The number of carbonyl (C=O) groups is 1. The number of benzene rings is 2. The van der Waals surface area contributed by atoms with Crippen LogP contribution in [-0.4, -0.2) is 18.6 Å². The van der Waals surface area contributed by atoms with Crippen molar-refractivity contribution in [1.29, 1.82) is 0 Å². The maximum Gasteiger partial charge on any atom is 0.176 e. The summed E-state index contributed by atoms with van der Waals surface area (Å²) in [6.45, 7) is 4.17. The Labute approximate surface area is 124 Å². The summed E-state index contributed by atoms with van der Waals surface area (Å²) >= 11 is 1.56. The van der Waals surface area contributed by atoms with E-state index < -0.39 is 0 Å². The van der Waals surface area contributed by atoms with Crippen molar-refractivity contribution in [2.24, 2.45) is 0 Å². The molecule has 0 radical (unpaired) electrons. The minimum Gasteiger partial charge on any atom is -0.496 e. The number of hydrogen-bond acceptors (Lipinski definition) is 3. The average molecular weight is 286 g/mol. The molecule has 0 bridgehead atoms. The quantitative estimate of drug-likeness (QED) is 0.606. The number of para-hydroxylation sites is 1. The number of ether oxygens (including phenoxy) is 1. The molecule has 0 aliphatic rings. The van der Waals surface area contributed by atoms with Gasteiger partial charge in [-0.15, -0.1) is 11.8 Å². The molecule has 2 nitrogen and oxygen atoms in total. The molecule has 0 aromatic heterocycles. The van der Waals surface area contributed by atoms with Gasteiger partial charge in [0.1, 0.15) is 5.75 Å². The molecular weight excluding hydrogens is 268 g/mol. The summed E-state index contributed by atoms with van der Waals surface area (Å²) in [6.07, 6.45) is 0. The van der Waals surface area contributed by atoms with Crippen molar-refractivity contribution in [3.05, 3.63) is 59.2 Å². The Balaban J connectivity index is 2.06. The van der Waals surface area contributed by atoms with Crippen molar-refractivity contribution in [2.45, 2.75) is 18.7 Å².